The summed E-state index contributed by atoms with van der Waals surface area (Å²) in [6.45, 7) is 8.14. The SMILES string of the molecule is C=CCCCN(C)C(=NCc1ccc(NC(=O)OC)cc1)NCC. The van der Waals surface area contributed by atoms with E-state index < -0.39 is 6.09 Å². The second kappa shape index (κ2) is 11.1. The lowest BCUT2D eigenvalue weighted by Gasteiger charge is -2.21. The molecule has 1 amide bonds. The predicted molar refractivity (Wildman–Crippen MR) is 99.3 cm³/mol. The third kappa shape index (κ3) is 7.17. The molecule has 132 valence electrons. The van der Waals surface area contributed by atoms with Gasteiger partial charge in [0.2, 0.25) is 0 Å². The molecule has 0 radical (unpaired) electrons. The smallest absolute Gasteiger partial charge is 0.411 e. The van der Waals surface area contributed by atoms with Gasteiger partial charge in [0.25, 0.3) is 0 Å². The Morgan fingerprint density at radius 1 is 1.38 bits per heavy atom. The van der Waals surface area contributed by atoms with Crippen molar-refractivity contribution in [3.8, 4) is 0 Å². The zero-order chi connectivity index (χ0) is 17.8. The van der Waals surface area contributed by atoms with Gasteiger partial charge in [-0.1, -0.05) is 18.2 Å². The molecule has 0 bridgehead atoms. The van der Waals surface area contributed by atoms with Crippen LogP contribution in [0.25, 0.3) is 0 Å². The Morgan fingerprint density at radius 3 is 2.67 bits per heavy atom. The summed E-state index contributed by atoms with van der Waals surface area (Å²) in [4.78, 5) is 17.9. The molecule has 0 spiro atoms. The first kappa shape index (κ1) is 19.5. The summed E-state index contributed by atoms with van der Waals surface area (Å²) in [5, 5.41) is 5.93. The molecule has 6 nitrogen and oxygen atoms in total. The van der Waals surface area contributed by atoms with Gasteiger partial charge in [0.1, 0.15) is 0 Å². The number of anilines is 1. The number of carbonyl (C=O) groups excluding carboxylic acids is 1. The third-order valence-electron chi connectivity index (χ3n) is 3.40. The summed E-state index contributed by atoms with van der Waals surface area (Å²) in [5.41, 5.74) is 1.77. The Balaban J connectivity index is 2.64. The number of aliphatic imine (C=N–C) groups is 1. The number of allylic oxidation sites excluding steroid dienone is 1. The fourth-order valence-electron chi connectivity index (χ4n) is 2.08. The molecule has 1 rings (SSSR count). The van der Waals surface area contributed by atoms with Crippen LogP contribution in [0, 0.1) is 0 Å². The zero-order valence-corrected chi connectivity index (χ0v) is 14.8. The molecule has 0 aliphatic rings. The summed E-state index contributed by atoms with van der Waals surface area (Å²) in [6, 6.07) is 7.55. The van der Waals surface area contributed by atoms with E-state index in [9.17, 15) is 4.79 Å². The summed E-state index contributed by atoms with van der Waals surface area (Å²) in [5.74, 6) is 0.887. The summed E-state index contributed by atoms with van der Waals surface area (Å²) >= 11 is 0. The molecule has 0 aliphatic carbocycles. The van der Waals surface area contributed by atoms with Crippen LogP contribution in [0.1, 0.15) is 25.3 Å². The minimum atomic E-state index is -0.476. The van der Waals surface area contributed by atoms with Gasteiger partial charge in [-0.05, 0) is 37.5 Å². The minimum Gasteiger partial charge on any atom is -0.453 e. The highest BCUT2D eigenvalue weighted by molar-refractivity contribution is 5.84. The Bertz CT molecular complexity index is 540. The van der Waals surface area contributed by atoms with Gasteiger partial charge in [-0.25, -0.2) is 9.79 Å². The van der Waals surface area contributed by atoms with Gasteiger partial charge >= 0.3 is 6.09 Å². The average molecular weight is 332 g/mol. The molecular formula is C18H28N4O2. The molecule has 0 aliphatic heterocycles. The number of unbranched alkanes of at least 4 members (excludes halogenated alkanes) is 1. The highest BCUT2D eigenvalue weighted by Crippen LogP contribution is 2.11. The maximum Gasteiger partial charge on any atom is 0.411 e. The predicted octanol–water partition coefficient (Wildman–Crippen LogP) is 3.23. The maximum absolute atomic E-state index is 11.2. The van der Waals surface area contributed by atoms with Crippen LogP contribution in [0.5, 0.6) is 0 Å². The van der Waals surface area contributed by atoms with Crippen molar-refractivity contribution in [2.24, 2.45) is 4.99 Å². The molecule has 0 atom stereocenters. The van der Waals surface area contributed by atoms with Gasteiger partial charge < -0.3 is 15.0 Å². The second-order valence-electron chi connectivity index (χ2n) is 5.34. The summed E-state index contributed by atoms with van der Waals surface area (Å²) in [7, 11) is 3.38. The molecule has 0 unspecified atom stereocenters. The van der Waals surface area contributed by atoms with Crippen molar-refractivity contribution >= 4 is 17.7 Å². The van der Waals surface area contributed by atoms with Gasteiger partial charge in [-0.2, -0.15) is 0 Å². The van der Waals surface area contributed by atoms with Gasteiger partial charge in [-0.3, -0.25) is 5.32 Å². The number of rotatable bonds is 8. The zero-order valence-electron chi connectivity index (χ0n) is 14.8. The molecule has 6 heteroatoms. The third-order valence-corrected chi connectivity index (χ3v) is 3.40. The van der Waals surface area contributed by atoms with Crippen LogP contribution in [0.4, 0.5) is 10.5 Å². The largest absolute Gasteiger partial charge is 0.453 e. The van der Waals surface area contributed by atoms with Crippen LogP contribution in [-0.2, 0) is 11.3 Å². The molecule has 0 fully saturated rings. The van der Waals surface area contributed by atoms with Crippen LogP contribution in [-0.4, -0.2) is 44.2 Å². The van der Waals surface area contributed by atoms with Crippen molar-refractivity contribution in [3.05, 3.63) is 42.5 Å². The summed E-state index contributed by atoms with van der Waals surface area (Å²) < 4.78 is 4.57. The van der Waals surface area contributed by atoms with Crippen LogP contribution in [0.2, 0.25) is 0 Å². The van der Waals surface area contributed by atoms with E-state index in [1.807, 2.05) is 37.4 Å². The number of nitrogens with one attached hydrogen (secondary N) is 2. The lowest BCUT2D eigenvalue weighted by Crippen LogP contribution is -2.39. The van der Waals surface area contributed by atoms with Crippen molar-refractivity contribution < 1.29 is 9.53 Å². The van der Waals surface area contributed by atoms with E-state index in [1.165, 1.54) is 7.11 Å². The van der Waals surface area contributed by atoms with Crippen molar-refractivity contribution in [2.75, 3.05) is 32.6 Å². The average Bonchev–Trinajstić information content (AvgIpc) is 2.59. The van der Waals surface area contributed by atoms with Crippen molar-refractivity contribution in [3.63, 3.8) is 0 Å². The molecule has 2 N–H and O–H groups in total. The van der Waals surface area contributed by atoms with Crippen LogP contribution >= 0.6 is 0 Å². The van der Waals surface area contributed by atoms with Gasteiger partial charge in [0, 0.05) is 25.8 Å². The van der Waals surface area contributed by atoms with Crippen LogP contribution in [0.15, 0.2) is 41.9 Å². The lowest BCUT2D eigenvalue weighted by molar-refractivity contribution is 0.187. The van der Waals surface area contributed by atoms with Crippen molar-refractivity contribution in [2.45, 2.75) is 26.3 Å². The van der Waals surface area contributed by atoms with Crippen molar-refractivity contribution in [1.29, 1.82) is 0 Å². The van der Waals surface area contributed by atoms with E-state index in [2.05, 4.69) is 38.8 Å². The first-order valence-corrected chi connectivity index (χ1v) is 8.15. The van der Waals surface area contributed by atoms with E-state index in [0.717, 1.165) is 37.5 Å². The maximum atomic E-state index is 11.2. The normalized spacial score (nSPS) is 10.9. The molecular weight excluding hydrogens is 304 g/mol. The van der Waals surface area contributed by atoms with Crippen LogP contribution in [0.3, 0.4) is 0 Å². The Hall–Kier alpha value is -2.50. The van der Waals surface area contributed by atoms with Crippen molar-refractivity contribution in [1.82, 2.24) is 10.2 Å². The van der Waals surface area contributed by atoms with E-state index in [-0.39, 0.29) is 0 Å². The Kier molecular flexibility index (Phi) is 9.04. The number of guanidine groups is 1. The molecule has 0 saturated heterocycles. The fourth-order valence-corrected chi connectivity index (χ4v) is 2.08. The second-order valence-corrected chi connectivity index (χ2v) is 5.34. The number of hydrogen-bond donors (Lipinski definition) is 2. The number of carbonyl (C=O) groups is 1. The van der Waals surface area contributed by atoms with Crippen LogP contribution < -0.4 is 10.6 Å². The highest BCUT2D eigenvalue weighted by atomic mass is 16.5. The molecule has 1 aromatic carbocycles. The standard InChI is InChI=1S/C18H28N4O2/c1-5-7-8-13-22(3)17(19-6-2)20-14-15-9-11-16(12-10-15)21-18(23)24-4/h5,9-12H,1,6-8,13-14H2,2-4H3,(H,19,20)(H,21,23). The number of hydrogen-bond acceptors (Lipinski definition) is 3. The van der Waals surface area contributed by atoms with Gasteiger partial charge in [0.15, 0.2) is 5.96 Å². The molecule has 0 saturated carbocycles. The number of methoxy groups -OCH3 is 1. The van der Waals surface area contributed by atoms with Gasteiger partial charge in [0.05, 0.1) is 13.7 Å². The fraction of sp³-hybridized carbons (Fsp3) is 0.444. The quantitative estimate of drug-likeness (QED) is 0.332. The summed E-state index contributed by atoms with van der Waals surface area (Å²) in [6.07, 6.45) is 3.51. The highest BCUT2D eigenvalue weighted by Gasteiger charge is 2.05. The van der Waals surface area contributed by atoms with E-state index in [4.69, 9.17) is 0 Å². The van der Waals surface area contributed by atoms with E-state index in [1.54, 1.807) is 0 Å². The number of benzene rings is 1. The number of amides is 1. The molecule has 0 heterocycles. The molecule has 0 aromatic heterocycles. The first-order chi connectivity index (χ1) is 11.6. The molecule has 1 aromatic rings. The monoisotopic (exact) mass is 332 g/mol. The van der Waals surface area contributed by atoms with E-state index >= 15 is 0 Å². The Labute approximate surface area is 144 Å². The number of nitrogens with zero attached hydrogens (tertiary/aromatic N) is 2. The minimum absolute atomic E-state index is 0.476. The van der Waals surface area contributed by atoms with Gasteiger partial charge in [-0.15, -0.1) is 6.58 Å². The van der Waals surface area contributed by atoms with E-state index in [0.29, 0.717) is 12.2 Å². The first-order valence-electron chi connectivity index (χ1n) is 8.15. The lowest BCUT2D eigenvalue weighted by atomic mass is 10.2. The molecule has 24 heavy (non-hydrogen) atoms. The topological polar surface area (TPSA) is 66.0 Å². The number of ether oxygens (including phenoxy) is 1. The Morgan fingerprint density at radius 2 is 2.08 bits per heavy atom.